The molecule has 5 rings (SSSR count). The number of carbonyl (C=O) groups is 1. The highest BCUT2D eigenvalue weighted by atomic mass is 32.2. The summed E-state index contributed by atoms with van der Waals surface area (Å²) in [4.78, 5) is 37.2. The number of rotatable bonds is 6. The molecule has 8 heteroatoms. The van der Waals surface area contributed by atoms with Gasteiger partial charge in [-0.2, -0.15) is 0 Å². The summed E-state index contributed by atoms with van der Waals surface area (Å²) in [5.74, 6) is 0.425. The average molecular weight is 495 g/mol. The molecule has 0 saturated carbocycles. The van der Waals surface area contributed by atoms with Crippen LogP contribution in [0.5, 0.6) is 0 Å². The fourth-order valence-corrected chi connectivity index (χ4v) is 6.87. The molecule has 6 nitrogen and oxygen atoms in total. The number of piperazine rings is 1. The van der Waals surface area contributed by atoms with Gasteiger partial charge in [-0.15, -0.1) is 11.3 Å². The molecule has 1 saturated heterocycles. The molecule has 0 radical (unpaired) electrons. The molecule has 0 bridgehead atoms. The lowest BCUT2D eigenvalue weighted by Crippen LogP contribution is -2.49. The Morgan fingerprint density at radius 3 is 2.68 bits per heavy atom. The maximum absolute atomic E-state index is 13.1. The van der Waals surface area contributed by atoms with Crippen molar-refractivity contribution in [3.63, 3.8) is 0 Å². The molecule has 0 unspecified atom stereocenters. The van der Waals surface area contributed by atoms with Crippen molar-refractivity contribution in [2.24, 2.45) is 7.05 Å². The van der Waals surface area contributed by atoms with E-state index in [2.05, 4.69) is 29.2 Å². The van der Waals surface area contributed by atoms with E-state index in [4.69, 9.17) is 4.98 Å². The second-order valence-corrected chi connectivity index (χ2v) is 11.0. The third-order valence-electron chi connectivity index (χ3n) is 6.68. The van der Waals surface area contributed by atoms with Gasteiger partial charge in [0, 0.05) is 44.6 Å². The first kappa shape index (κ1) is 23.3. The summed E-state index contributed by atoms with van der Waals surface area (Å²) < 4.78 is 1.62. The number of carbonyl (C=O) groups excluding carboxylic acids is 1. The number of hydrogen-bond acceptors (Lipinski definition) is 6. The van der Waals surface area contributed by atoms with Crippen LogP contribution < -0.4 is 5.56 Å². The van der Waals surface area contributed by atoms with Crippen LogP contribution in [0.15, 0.2) is 46.4 Å². The number of fused-ring (bicyclic) bond motifs is 3. The number of aromatic nitrogens is 2. The molecule has 1 aliphatic heterocycles. The Labute approximate surface area is 208 Å². The minimum Gasteiger partial charge on any atom is -0.339 e. The Morgan fingerprint density at radius 1 is 1.12 bits per heavy atom. The first-order valence-electron chi connectivity index (χ1n) is 12.0. The topological polar surface area (TPSA) is 58.4 Å². The number of thiophene rings is 1. The van der Waals surface area contributed by atoms with Gasteiger partial charge in [-0.25, -0.2) is 4.98 Å². The molecule has 1 fully saturated rings. The predicted molar refractivity (Wildman–Crippen MR) is 141 cm³/mol. The highest BCUT2D eigenvalue weighted by Gasteiger charge is 2.23. The standard InChI is InChI=1S/C26H30N4O2S2/c1-28-25(32)23-20-11-5-6-12-21(20)34-24(23)27-26(28)33-18-22(31)30-16-14-29(15-17-30)13-7-10-19-8-3-2-4-9-19/h2-4,7-10H,5-6,11-18H2,1H3. The summed E-state index contributed by atoms with van der Waals surface area (Å²) in [5, 5.41) is 1.43. The lowest BCUT2D eigenvalue weighted by molar-refractivity contribution is -0.130. The van der Waals surface area contributed by atoms with Crippen LogP contribution >= 0.6 is 23.1 Å². The summed E-state index contributed by atoms with van der Waals surface area (Å²) in [6.45, 7) is 4.11. The van der Waals surface area contributed by atoms with Gasteiger partial charge in [0.15, 0.2) is 5.16 Å². The van der Waals surface area contributed by atoms with Gasteiger partial charge < -0.3 is 4.90 Å². The quantitative estimate of drug-likeness (QED) is 0.385. The summed E-state index contributed by atoms with van der Waals surface area (Å²) >= 11 is 3.04. The van der Waals surface area contributed by atoms with E-state index in [1.807, 2.05) is 23.1 Å². The Balaban J connectivity index is 1.16. The van der Waals surface area contributed by atoms with Gasteiger partial charge in [0.2, 0.25) is 5.91 Å². The number of amides is 1. The zero-order valence-electron chi connectivity index (χ0n) is 19.5. The van der Waals surface area contributed by atoms with E-state index in [9.17, 15) is 9.59 Å². The van der Waals surface area contributed by atoms with Crippen LogP contribution in [0.3, 0.4) is 0 Å². The molecule has 34 heavy (non-hydrogen) atoms. The van der Waals surface area contributed by atoms with Crippen molar-refractivity contribution in [2.75, 3.05) is 38.5 Å². The number of nitrogens with zero attached hydrogens (tertiary/aromatic N) is 4. The van der Waals surface area contributed by atoms with Crippen molar-refractivity contribution in [2.45, 2.75) is 30.8 Å². The molecule has 0 spiro atoms. The van der Waals surface area contributed by atoms with Gasteiger partial charge >= 0.3 is 0 Å². The van der Waals surface area contributed by atoms with Crippen LogP contribution in [-0.4, -0.2) is 63.7 Å². The fourth-order valence-electron chi connectivity index (χ4n) is 4.70. The predicted octanol–water partition coefficient (Wildman–Crippen LogP) is 3.82. The van der Waals surface area contributed by atoms with Gasteiger partial charge in [-0.3, -0.25) is 19.1 Å². The van der Waals surface area contributed by atoms with Crippen LogP contribution in [0.2, 0.25) is 0 Å². The van der Waals surface area contributed by atoms with E-state index in [1.54, 1.807) is 23.0 Å². The molecule has 0 N–H and O–H groups in total. The largest absolute Gasteiger partial charge is 0.339 e. The van der Waals surface area contributed by atoms with Gasteiger partial charge in [0.1, 0.15) is 4.83 Å². The van der Waals surface area contributed by atoms with Crippen molar-refractivity contribution in [3.05, 3.63) is 62.8 Å². The molecule has 2 aromatic heterocycles. The Morgan fingerprint density at radius 2 is 1.88 bits per heavy atom. The third kappa shape index (κ3) is 4.99. The Kier molecular flexibility index (Phi) is 7.18. The van der Waals surface area contributed by atoms with Gasteiger partial charge in [0.05, 0.1) is 11.1 Å². The summed E-state index contributed by atoms with van der Waals surface area (Å²) in [6.07, 6.45) is 8.69. The molecular weight excluding hydrogens is 464 g/mol. The molecule has 1 aromatic carbocycles. The van der Waals surface area contributed by atoms with Gasteiger partial charge in [-0.1, -0.05) is 54.2 Å². The third-order valence-corrected chi connectivity index (χ3v) is 8.88. The van der Waals surface area contributed by atoms with E-state index in [0.717, 1.165) is 62.2 Å². The van der Waals surface area contributed by atoms with Crippen LogP contribution in [0.25, 0.3) is 16.3 Å². The highest BCUT2D eigenvalue weighted by Crippen LogP contribution is 2.34. The monoisotopic (exact) mass is 494 g/mol. The highest BCUT2D eigenvalue weighted by molar-refractivity contribution is 7.99. The SMILES string of the molecule is Cn1c(SCC(=O)N2CCN(CC=Cc3ccccc3)CC2)nc2sc3c(c2c1=O)CCCC3. The van der Waals surface area contributed by atoms with Crippen molar-refractivity contribution >= 4 is 45.3 Å². The van der Waals surface area contributed by atoms with Crippen molar-refractivity contribution in [1.82, 2.24) is 19.4 Å². The van der Waals surface area contributed by atoms with Crippen LogP contribution in [0.4, 0.5) is 0 Å². The number of thioether (sulfide) groups is 1. The molecule has 1 amide bonds. The number of benzene rings is 1. The van der Waals surface area contributed by atoms with Crippen LogP contribution in [0, 0.1) is 0 Å². The maximum Gasteiger partial charge on any atom is 0.262 e. The molecule has 3 aromatic rings. The zero-order valence-corrected chi connectivity index (χ0v) is 21.2. The van der Waals surface area contributed by atoms with Crippen LogP contribution in [-0.2, 0) is 24.7 Å². The number of hydrogen-bond donors (Lipinski definition) is 0. The summed E-state index contributed by atoms with van der Waals surface area (Å²) in [6, 6.07) is 10.3. The van der Waals surface area contributed by atoms with Crippen molar-refractivity contribution in [3.8, 4) is 0 Å². The summed E-state index contributed by atoms with van der Waals surface area (Å²) in [7, 11) is 1.77. The second-order valence-electron chi connectivity index (χ2n) is 8.93. The second kappa shape index (κ2) is 10.5. The van der Waals surface area contributed by atoms with Gasteiger partial charge in [0.25, 0.3) is 5.56 Å². The molecule has 2 aliphatic rings. The van der Waals surface area contributed by atoms with E-state index in [-0.39, 0.29) is 11.5 Å². The minimum atomic E-state index is 0.0246. The van der Waals surface area contributed by atoms with E-state index in [0.29, 0.717) is 10.9 Å². The van der Waals surface area contributed by atoms with Crippen LogP contribution in [0.1, 0.15) is 28.8 Å². The Hall–Kier alpha value is -2.42. The van der Waals surface area contributed by atoms with E-state index < -0.39 is 0 Å². The van der Waals surface area contributed by atoms with Crippen molar-refractivity contribution < 1.29 is 4.79 Å². The molecule has 1 aliphatic carbocycles. The van der Waals surface area contributed by atoms with Crippen molar-refractivity contribution in [1.29, 1.82) is 0 Å². The molecule has 3 heterocycles. The fraction of sp³-hybridized carbons (Fsp3) is 0.423. The lowest BCUT2D eigenvalue weighted by atomic mass is 9.97. The maximum atomic E-state index is 13.1. The van der Waals surface area contributed by atoms with E-state index in [1.165, 1.54) is 34.2 Å². The molecular formula is C26H30N4O2S2. The van der Waals surface area contributed by atoms with Gasteiger partial charge in [-0.05, 0) is 36.8 Å². The zero-order chi connectivity index (χ0) is 23.5. The summed E-state index contributed by atoms with van der Waals surface area (Å²) in [5.41, 5.74) is 2.44. The number of aryl methyl sites for hydroxylation is 2. The first-order chi connectivity index (χ1) is 16.6. The Bertz CT molecular complexity index is 1260. The first-order valence-corrected chi connectivity index (χ1v) is 13.8. The van der Waals surface area contributed by atoms with E-state index >= 15 is 0 Å². The molecule has 178 valence electrons. The lowest BCUT2D eigenvalue weighted by Gasteiger charge is -2.34. The normalized spacial score (nSPS) is 16.9. The smallest absolute Gasteiger partial charge is 0.262 e. The average Bonchev–Trinajstić information content (AvgIpc) is 3.24. The molecule has 0 atom stereocenters. The minimum absolute atomic E-state index is 0.0246.